The first kappa shape index (κ1) is 17.3. The van der Waals surface area contributed by atoms with E-state index < -0.39 is 10.0 Å². The van der Waals surface area contributed by atoms with Crippen LogP contribution in [0.2, 0.25) is 0 Å². The fourth-order valence-electron chi connectivity index (χ4n) is 2.97. The second-order valence-corrected chi connectivity index (χ2v) is 9.29. The van der Waals surface area contributed by atoms with Crippen molar-refractivity contribution in [2.45, 2.75) is 19.8 Å². The molecule has 0 radical (unpaired) electrons. The van der Waals surface area contributed by atoms with Crippen LogP contribution in [0.1, 0.15) is 18.4 Å². The molecule has 0 bridgehead atoms. The van der Waals surface area contributed by atoms with Crippen LogP contribution in [-0.4, -0.2) is 42.5 Å². The first-order valence-corrected chi connectivity index (χ1v) is 10.5. The van der Waals surface area contributed by atoms with Crippen LogP contribution in [0.5, 0.6) is 0 Å². The minimum absolute atomic E-state index is 0.151. The molecule has 2 aromatic rings. The molecule has 0 atom stereocenters. The monoisotopic (exact) mass is 367 g/mol. The van der Waals surface area contributed by atoms with Crippen molar-refractivity contribution in [2.24, 2.45) is 18.0 Å². The average Bonchev–Trinajstić information content (AvgIpc) is 2.82. The van der Waals surface area contributed by atoms with Crippen molar-refractivity contribution in [1.82, 2.24) is 8.87 Å². The topological polar surface area (TPSA) is 71.7 Å². The highest BCUT2D eigenvalue weighted by Crippen LogP contribution is 2.21. The van der Waals surface area contributed by atoms with E-state index in [9.17, 15) is 13.2 Å². The van der Waals surface area contributed by atoms with Crippen LogP contribution in [0.15, 0.2) is 23.2 Å². The predicted molar refractivity (Wildman–Crippen MR) is 95.2 cm³/mol. The highest BCUT2D eigenvalue weighted by atomic mass is 32.2. The number of hydrogen-bond acceptors (Lipinski definition) is 4. The molecule has 0 saturated carbocycles. The van der Waals surface area contributed by atoms with Crippen molar-refractivity contribution in [3.63, 3.8) is 0 Å². The summed E-state index contributed by atoms with van der Waals surface area (Å²) in [7, 11) is -1.26. The number of carbonyl (C=O) groups is 1. The van der Waals surface area contributed by atoms with E-state index in [1.807, 2.05) is 30.7 Å². The zero-order chi connectivity index (χ0) is 17.5. The number of fused-ring (bicyclic) bond motifs is 1. The van der Waals surface area contributed by atoms with Gasteiger partial charge < -0.3 is 4.57 Å². The molecular formula is C16H21N3O3S2. The molecule has 1 saturated heterocycles. The molecule has 0 spiro atoms. The maximum absolute atomic E-state index is 12.5. The molecule has 8 heteroatoms. The number of aromatic nitrogens is 1. The van der Waals surface area contributed by atoms with E-state index in [4.69, 9.17) is 0 Å². The Morgan fingerprint density at radius 1 is 1.29 bits per heavy atom. The summed E-state index contributed by atoms with van der Waals surface area (Å²) in [5, 5.41) is 0. The van der Waals surface area contributed by atoms with Gasteiger partial charge in [-0.25, -0.2) is 12.7 Å². The van der Waals surface area contributed by atoms with Gasteiger partial charge in [0, 0.05) is 26.1 Å². The fourth-order valence-corrected chi connectivity index (χ4v) is 4.96. The van der Waals surface area contributed by atoms with Gasteiger partial charge in [-0.3, -0.25) is 4.79 Å². The lowest BCUT2D eigenvalue weighted by atomic mass is 9.98. The normalized spacial score (nSPS) is 18.4. The Morgan fingerprint density at radius 2 is 1.96 bits per heavy atom. The number of thiazole rings is 1. The third kappa shape index (κ3) is 3.45. The summed E-state index contributed by atoms with van der Waals surface area (Å²) in [4.78, 5) is 17.5. The smallest absolute Gasteiger partial charge is 0.251 e. The van der Waals surface area contributed by atoms with E-state index in [2.05, 4.69) is 11.1 Å². The van der Waals surface area contributed by atoms with Gasteiger partial charge in [0.15, 0.2) is 4.80 Å². The van der Waals surface area contributed by atoms with Gasteiger partial charge >= 0.3 is 0 Å². The van der Waals surface area contributed by atoms with E-state index >= 15 is 0 Å². The summed E-state index contributed by atoms with van der Waals surface area (Å²) >= 11 is 1.50. The Bertz CT molecular complexity index is 949. The molecular weight excluding hydrogens is 346 g/mol. The van der Waals surface area contributed by atoms with Crippen molar-refractivity contribution in [3.05, 3.63) is 28.6 Å². The Kier molecular flexibility index (Phi) is 4.63. The highest BCUT2D eigenvalue weighted by Gasteiger charge is 2.28. The predicted octanol–water partition coefficient (Wildman–Crippen LogP) is 1.65. The number of amides is 1. The maximum Gasteiger partial charge on any atom is 0.251 e. The third-order valence-corrected chi connectivity index (χ3v) is 6.84. The standard InChI is InChI=1S/C16H21N3O3S2/c1-11-4-5-13-14(10-11)23-16(18(13)2)17-15(20)12-6-8-19(9-7-12)24(3,21)22/h4-5,10,12H,6-9H2,1-3H3. The third-order valence-electron chi connectivity index (χ3n) is 4.44. The van der Waals surface area contributed by atoms with E-state index in [-0.39, 0.29) is 11.8 Å². The maximum atomic E-state index is 12.5. The Balaban J connectivity index is 1.82. The summed E-state index contributed by atoms with van der Waals surface area (Å²) in [6.45, 7) is 2.82. The van der Waals surface area contributed by atoms with Crippen molar-refractivity contribution in [3.8, 4) is 0 Å². The van der Waals surface area contributed by atoms with Crippen LogP contribution < -0.4 is 4.80 Å². The van der Waals surface area contributed by atoms with Crippen LogP contribution in [-0.2, 0) is 21.9 Å². The summed E-state index contributed by atoms with van der Waals surface area (Å²) < 4.78 is 27.6. The molecule has 3 rings (SSSR count). The van der Waals surface area contributed by atoms with Gasteiger partial charge in [0.1, 0.15) is 0 Å². The van der Waals surface area contributed by atoms with Crippen LogP contribution in [0.4, 0.5) is 0 Å². The lowest BCUT2D eigenvalue weighted by Gasteiger charge is -2.28. The van der Waals surface area contributed by atoms with Crippen LogP contribution in [0, 0.1) is 12.8 Å². The zero-order valence-electron chi connectivity index (χ0n) is 14.0. The fraction of sp³-hybridized carbons (Fsp3) is 0.500. The molecule has 2 heterocycles. The Labute approximate surface area is 145 Å². The minimum Gasteiger partial charge on any atom is -0.319 e. The van der Waals surface area contributed by atoms with Gasteiger partial charge in [0.25, 0.3) is 5.91 Å². The van der Waals surface area contributed by atoms with Crippen molar-refractivity contribution >= 4 is 37.5 Å². The number of piperidine rings is 1. The lowest BCUT2D eigenvalue weighted by molar-refractivity contribution is -0.122. The molecule has 0 N–H and O–H groups in total. The quantitative estimate of drug-likeness (QED) is 0.810. The largest absolute Gasteiger partial charge is 0.319 e. The van der Waals surface area contributed by atoms with E-state index in [0.717, 1.165) is 10.2 Å². The molecule has 1 fully saturated rings. The molecule has 1 aromatic carbocycles. The van der Waals surface area contributed by atoms with Gasteiger partial charge in [0.2, 0.25) is 10.0 Å². The average molecular weight is 367 g/mol. The van der Waals surface area contributed by atoms with E-state index in [0.29, 0.717) is 30.7 Å². The van der Waals surface area contributed by atoms with Gasteiger partial charge in [-0.05, 0) is 37.5 Å². The molecule has 24 heavy (non-hydrogen) atoms. The van der Waals surface area contributed by atoms with Crippen molar-refractivity contribution in [1.29, 1.82) is 0 Å². The number of aryl methyl sites for hydroxylation is 2. The van der Waals surface area contributed by atoms with Crippen LogP contribution in [0.25, 0.3) is 10.2 Å². The Hall–Kier alpha value is -1.51. The highest BCUT2D eigenvalue weighted by molar-refractivity contribution is 7.88. The van der Waals surface area contributed by atoms with Gasteiger partial charge in [0.05, 0.1) is 16.5 Å². The number of nitrogens with zero attached hydrogens (tertiary/aromatic N) is 3. The van der Waals surface area contributed by atoms with Gasteiger partial charge in [-0.2, -0.15) is 4.99 Å². The second kappa shape index (κ2) is 6.42. The van der Waals surface area contributed by atoms with Gasteiger partial charge in [-0.1, -0.05) is 17.4 Å². The SMILES string of the molecule is Cc1ccc2c(c1)sc(=NC(=O)C1CCN(S(C)(=O)=O)CC1)n2C. The molecule has 0 unspecified atom stereocenters. The summed E-state index contributed by atoms with van der Waals surface area (Å²) in [5.41, 5.74) is 2.24. The van der Waals surface area contributed by atoms with E-state index in [1.54, 1.807) is 0 Å². The van der Waals surface area contributed by atoms with Crippen molar-refractivity contribution < 1.29 is 13.2 Å². The molecule has 1 aliphatic heterocycles. The number of hydrogen-bond donors (Lipinski definition) is 0. The zero-order valence-corrected chi connectivity index (χ0v) is 15.7. The number of rotatable bonds is 2. The molecule has 130 valence electrons. The molecule has 6 nitrogen and oxygen atoms in total. The summed E-state index contributed by atoms with van der Waals surface area (Å²) in [6, 6.07) is 6.17. The molecule has 1 amide bonds. The lowest BCUT2D eigenvalue weighted by Crippen LogP contribution is -2.39. The van der Waals surface area contributed by atoms with Crippen LogP contribution in [0.3, 0.4) is 0 Å². The summed E-state index contributed by atoms with van der Waals surface area (Å²) in [6.07, 6.45) is 2.27. The van der Waals surface area contributed by atoms with Crippen LogP contribution >= 0.6 is 11.3 Å². The second-order valence-electron chi connectivity index (χ2n) is 6.30. The minimum atomic E-state index is -3.17. The van der Waals surface area contributed by atoms with Gasteiger partial charge in [-0.15, -0.1) is 0 Å². The molecule has 1 aliphatic rings. The first-order chi connectivity index (χ1) is 11.3. The number of carbonyl (C=O) groups excluding carboxylic acids is 1. The Morgan fingerprint density at radius 3 is 2.58 bits per heavy atom. The number of benzene rings is 1. The van der Waals surface area contributed by atoms with Crippen molar-refractivity contribution in [2.75, 3.05) is 19.3 Å². The number of sulfonamides is 1. The molecule has 0 aliphatic carbocycles. The first-order valence-electron chi connectivity index (χ1n) is 7.85. The summed E-state index contributed by atoms with van der Waals surface area (Å²) in [5.74, 6) is -0.350. The van der Waals surface area contributed by atoms with E-state index in [1.165, 1.54) is 27.5 Å². The molecule has 1 aromatic heterocycles.